The lowest BCUT2D eigenvalue weighted by molar-refractivity contribution is 0.532. The van der Waals surface area contributed by atoms with E-state index >= 15 is 0 Å². The number of halogens is 2. The van der Waals surface area contributed by atoms with Crippen LogP contribution in [0, 0.1) is 17.6 Å². The number of benzene rings is 2. The first-order chi connectivity index (χ1) is 17.8. The van der Waals surface area contributed by atoms with E-state index in [-0.39, 0.29) is 11.4 Å². The molecule has 7 nitrogen and oxygen atoms in total. The van der Waals surface area contributed by atoms with Crippen LogP contribution in [-0.4, -0.2) is 49.8 Å². The molecule has 0 saturated heterocycles. The molecule has 37 heavy (non-hydrogen) atoms. The standard InChI is InChI=1S/C28H27F2N7/c1-17(2)15-37-27-22(33-28(37)31-16-36(3)4)14-13-21(32-27)25-24(18-9-6-5-7-10-18)34-26(35-25)23-19(29)11-8-12-20(23)30/h5-14,16-17H,15H2,1-4H3,(H,34,35). The van der Waals surface area contributed by atoms with Crippen molar-refractivity contribution in [2.24, 2.45) is 10.9 Å². The number of nitrogens with one attached hydrogen (secondary N) is 1. The number of hydrogen-bond acceptors (Lipinski definition) is 4. The van der Waals surface area contributed by atoms with Crippen molar-refractivity contribution in [1.29, 1.82) is 0 Å². The lowest BCUT2D eigenvalue weighted by Gasteiger charge is -2.10. The van der Waals surface area contributed by atoms with E-state index in [1.807, 2.05) is 66.0 Å². The fourth-order valence-corrected chi connectivity index (χ4v) is 4.13. The molecule has 0 aliphatic rings. The Morgan fingerprint density at radius 3 is 2.35 bits per heavy atom. The molecule has 0 bridgehead atoms. The van der Waals surface area contributed by atoms with Crippen molar-refractivity contribution in [3.63, 3.8) is 0 Å². The zero-order valence-corrected chi connectivity index (χ0v) is 21.1. The van der Waals surface area contributed by atoms with Gasteiger partial charge in [0, 0.05) is 26.2 Å². The van der Waals surface area contributed by atoms with Crippen molar-refractivity contribution >= 4 is 23.5 Å². The summed E-state index contributed by atoms with van der Waals surface area (Å²) in [6.45, 7) is 4.91. The summed E-state index contributed by atoms with van der Waals surface area (Å²) < 4.78 is 31.3. The number of fused-ring (bicyclic) bond motifs is 1. The maximum Gasteiger partial charge on any atom is 0.233 e. The highest BCUT2D eigenvalue weighted by molar-refractivity contribution is 5.84. The molecule has 3 aromatic heterocycles. The second-order valence-corrected chi connectivity index (χ2v) is 9.44. The quantitative estimate of drug-likeness (QED) is 0.210. The van der Waals surface area contributed by atoms with Crippen LogP contribution >= 0.6 is 0 Å². The van der Waals surface area contributed by atoms with Gasteiger partial charge in [-0.3, -0.25) is 4.57 Å². The first-order valence-electron chi connectivity index (χ1n) is 12.0. The summed E-state index contributed by atoms with van der Waals surface area (Å²) in [5.41, 5.74) is 3.64. The number of aromatic amines is 1. The molecule has 0 aliphatic heterocycles. The van der Waals surface area contributed by atoms with Gasteiger partial charge in [-0.2, -0.15) is 0 Å². The Morgan fingerprint density at radius 1 is 0.946 bits per heavy atom. The number of aromatic nitrogens is 5. The van der Waals surface area contributed by atoms with Gasteiger partial charge in [0.2, 0.25) is 5.95 Å². The fourth-order valence-electron chi connectivity index (χ4n) is 4.13. The van der Waals surface area contributed by atoms with Crippen molar-refractivity contribution in [3.8, 4) is 34.0 Å². The second-order valence-electron chi connectivity index (χ2n) is 9.44. The van der Waals surface area contributed by atoms with Gasteiger partial charge in [-0.05, 0) is 30.2 Å². The van der Waals surface area contributed by atoms with Crippen molar-refractivity contribution in [2.75, 3.05) is 14.1 Å². The Balaban J connectivity index is 1.72. The maximum atomic E-state index is 14.7. The molecule has 0 fully saturated rings. The number of nitrogens with zero attached hydrogens (tertiary/aromatic N) is 6. The van der Waals surface area contributed by atoms with Crippen LogP contribution < -0.4 is 0 Å². The molecule has 2 aromatic carbocycles. The van der Waals surface area contributed by atoms with Crippen molar-refractivity contribution in [3.05, 3.63) is 72.3 Å². The summed E-state index contributed by atoms with van der Waals surface area (Å²) in [4.78, 5) is 23.8. The highest BCUT2D eigenvalue weighted by atomic mass is 19.1. The largest absolute Gasteiger partial charge is 0.369 e. The van der Waals surface area contributed by atoms with Crippen molar-refractivity contribution in [1.82, 2.24) is 29.4 Å². The maximum absolute atomic E-state index is 14.7. The van der Waals surface area contributed by atoms with Gasteiger partial charge in [-0.25, -0.2) is 28.7 Å². The van der Waals surface area contributed by atoms with Gasteiger partial charge in [0.25, 0.3) is 0 Å². The van der Waals surface area contributed by atoms with Crippen LogP contribution in [0.25, 0.3) is 45.2 Å². The monoisotopic (exact) mass is 499 g/mol. The van der Waals surface area contributed by atoms with E-state index in [0.29, 0.717) is 46.7 Å². The van der Waals surface area contributed by atoms with E-state index in [1.165, 1.54) is 18.2 Å². The molecular weight excluding hydrogens is 472 g/mol. The van der Waals surface area contributed by atoms with Crippen LogP contribution in [-0.2, 0) is 6.54 Å². The van der Waals surface area contributed by atoms with Gasteiger partial charge in [0.1, 0.15) is 23.0 Å². The van der Waals surface area contributed by atoms with Crippen LogP contribution in [0.4, 0.5) is 14.7 Å². The minimum atomic E-state index is -0.693. The molecule has 0 saturated carbocycles. The van der Waals surface area contributed by atoms with Crippen LogP contribution in [0.3, 0.4) is 0 Å². The lowest BCUT2D eigenvalue weighted by Crippen LogP contribution is -2.09. The number of H-pyrrole nitrogens is 1. The van der Waals surface area contributed by atoms with Gasteiger partial charge in [0.05, 0.1) is 29.0 Å². The molecule has 0 unspecified atom stereocenters. The third kappa shape index (κ3) is 4.84. The summed E-state index contributed by atoms with van der Waals surface area (Å²) in [6, 6.07) is 16.9. The summed E-state index contributed by atoms with van der Waals surface area (Å²) in [5, 5.41) is 0. The molecule has 0 spiro atoms. The Hall–Kier alpha value is -4.40. The zero-order valence-electron chi connectivity index (χ0n) is 21.1. The zero-order chi connectivity index (χ0) is 26.1. The molecule has 1 N–H and O–H groups in total. The van der Waals surface area contributed by atoms with Gasteiger partial charge in [0.15, 0.2) is 5.65 Å². The Bertz CT molecular complexity index is 1560. The number of imidazole rings is 2. The fraction of sp³-hybridized carbons (Fsp3) is 0.214. The minimum Gasteiger partial charge on any atom is -0.369 e. The first kappa shape index (κ1) is 24.3. The second kappa shape index (κ2) is 9.93. The van der Waals surface area contributed by atoms with E-state index in [0.717, 1.165) is 5.56 Å². The third-order valence-electron chi connectivity index (χ3n) is 5.73. The van der Waals surface area contributed by atoms with Crippen LogP contribution in [0.15, 0.2) is 65.7 Å². The summed E-state index contributed by atoms with van der Waals surface area (Å²) in [5.74, 6) is -0.398. The lowest BCUT2D eigenvalue weighted by atomic mass is 10.1. The molecule has 3 heterocycles. The molecule has 0 radical (unpaired) electrons. The Labute approximate surface area is 213 Å². The van der Waals surface area contributed by atoms with Crippen molar-refractivity contribution in [2.45, 2.75) is 20.4 Å². The van der Waals surface area contributed by atoms with Gasteiger partial charge >= 0.3 is 0 Å². The highest BCUT2D eigenvalue weighted by Crippen LogP contribution is 2.35. The van der Waals surface area contributed by atoms with Gasteiger partial charge < -0.3 is 9.88 Å². The Kier molecular flexibility index (Phi) is 6.52. The molecule has 0 atom stereocenters. The van der Waals surface area contributed by atoms with Crippen LogP contribution in [0.2, 0.25) is 0 Å². The molecule has 5 aromatic rings. The van der Waals surface area contributed by atoms with Crippen LogP contribution in [0.1, 0.15) is 13.8 Å². The summed E-state index contributed by atoms with van der Waals surface area (Å²) in [7, 11) is 3.79. The van der Waals surface area contributed by atoms with E-state index in [9.17, 15) is 8.78 Å². The van der Waals surface area contributed by atoms with Crippen molar-refractivity contribution < 1.29 is 8.78 Å². The number of rotatable bonds is 7. The van der Waals surface area contributed by atoms with E-state index in [4.69, 9.17) is 4.98 Å². The number of aliphatic imine (C=N–C) groups is 1. The summed E-state index contributed by atoms with van der Waals surface area (Å²) in [6.07, 6.45) is 1.70. The molecule has 5 rings (SSSR count). The topological polar surface area (TPSA) is 75.0 Å². The highest BCUT2D eigenvalue weighted by Gasteiger charge is 2.22. The van der Waals surface area contributed by atoms with Gasteiger partial charge in [-0.15, -0.1) is 0 Å². The molecule has 0 amide bonds. The predicted octanol–water partition coefficient (Wildman–Crippen LogP) is 6.31. The van der Waals surface area contributed by atoms with Gasteiger partial charge in [-0.1, -0.05) is 50.2 Å². The normalized spacial score (nSPS) is 11.8. The van der Waals surface area contributed by atoms with E-state index < -0.39 is 11.6 Å². The third-order valence-corrected chi connectivity index (χ3v) is 5.73. The minimum absolute atomic E-state index is 0.0957. The molecule has 188 valence electrons. The average Bonchev–Trinajstić information content (AvgIpc) is 3.44. The smallest absolute Gasteiger partial charge is 0.233 e. The number of pyridine rings is 1. The first-order valence-corrected chi connectivity index (χ1v) is 12.0. The average molecular weight is 500 g/mol. The molecule has 0 aliphatic carbocycles. The predicted molar refractivity (Wildman–Crippen MR) is 143 cm³/mol. The van der Waals surface area contributed by atoms with E-state index in [2.05, 4.69) is 33.8 Å². The SMILES string of the molecule is CC(C)Cn1c(N=CN(C)C)nc2ccc(-c3[nH]c(-c4c(F)cccc4F)nc3-c3ccccc3)nc21. The van der Waals surface area contributed by atoms with Crippen LogP contribution in [0.5, 0.6) is 0 Å². The molecular formula is C28H27F2N7. The Morgan fingerprint density at radius 2 is 1.68 bits per heavy atom. The van der Waals surface area contributed by atoms with E-state index in [1.54, 1.807) is 6.34 Å². The number of hydrogen-bond donors (Lipinski definition) is 1. The molecule has 9 heteroatoms. The summed E-state index contributed by atoms with van der Waals surface area (Å²) >= 11 is 0.